The number of fused-ring (bicyclic) bond motifs is 1. The molecule has 13 heteroatoms. The number of thiazole rings is 1. The van der Waals surface area contributed by atoms with E-state index in [0.717, 1.165) is 57.1 Å². The van der Waals surface area contributed by atoms with Crippen LogP contribution in [-0.2, 0) is 9.53 Å². The van der Waals surface area contributed by atoms with Gasteiger partial charge in [-0.05, 0) is 85.6 Å². The van der Waals surface area contributed by atoms with E-state index < -0.39 is 6.10 Å². The summed E-state index contributed by atoms with van der Waals surface area (Å²) < 4.78 is 22.9. The average Bonchev–Trinajstić information content (AvgIpc) is 3.75. The minimum Gasteiger partial charge on any atom is -0.497 e. The highest BCUT2D eigenvalue weighted by Crippen LogP contribution is 2.32. The minimum atomic E-state index is -0.405. The van der Waals surface area contributed by atoms with Crippen molar-refractivity contribution >= 4 is 62.4 Å². The van der Waals surface area contributed by atoms with Crippen LogP contribution in [0.2, 0.25) is 0 Å². The summed E-state index contributed by atoms with van der Waals surface area (Å²) in [6.07, 6.45) is 3.88. The first-order chi connectivity index (χ1) is 23.5. The van der Waals surface area contributed by atoms with Crippen molar-refractivity contribution in [1.29, 1.82) is 0 Å². The van der Waals surface area contributed by atoms with E-state index in [0.29, 0.717) is 41.8 Å². The third-order valence-electron chi connectivity index (χ3n) is 7.31. The fraction of sp³-hybridized carbons (Fsp3) is 0.229. The number of ether oxygens (including phenoxy) is 3. The van der Waals surface area contributed by atoms with Crippen LogP contribution in [0.4, 0.5) is 34.4 Å². The van der Waals surface area contributed by atoms with Crippen LogP contribution in [0.1, 0.15) is 44.8 Å². The molecule has 1 radical (unpaired) electrons. The third-order valence-corrected chi connectivity index (χ3v) is 8.24. The second-order valence-corrected chi connectivity index (χ2v) is 11.7. The third kappa shape index (κ3) is 7.99. The molecule has 6 aromatic rings. The predicted molar refractivity (Wildman–Crippen MR) is 187 cm³/mol. The molecule has 3 aromatic heterocycles. The van der Waals surface area contributed by atoms with Crippen LogP contribution < -0.4 is 25.4 Å². The van der Waals surface area contributed by atoms with Crippen molar-refractivity contribution in [3.05, 3.63) is 84.6 Å². The largest absolute Gasteiger partial charge is 0.497 e. The smallest absolute Gasteiger partial charge is 0.418 e. The van der Waals surface area contributed by atoms with E-state index in [1.807, 2.05) is 79.7 Å². The number of hydrogen-bond acceptors (Lipinski definition) is 13. The Morgan fingerprint density at radius 1 is 0.833 bits per heavy atom. The number of furan rings is 1. The molecule has 3 N–H and O–H groups in total. The Morgan fingerprint density at radius 2 is 1.50 bits per heavy atom. The molecule has 3 heterocycles. The summed E-state index contributed by atoms with van der Waals surface area (Å²) in [6.45, 7) is 6.25. The van der Waals surface area contributed by atoms with Gasteiger partial charge in [-0.15, -0.1) is 0 Å². The molecule has 1 unspecified atom stereocenters. The Balaban J connectivity index is 1.23. The van der Waals surface area contributed by atoms with E-state index in [-0.39, 0.29) is 0 Å². The van der Waals surface area contributed by atoms with Crippen molar-refractivity contribution in [2.24, 2.45) is 0 Å². The van der Waals surface area contributed by atoms with Gasteiger partial charge in [0.05, 0.1) is 30.2 Å². The van der Waals surface area contributed by atoms with Crippen LogP contribution in [0.3, 0.4) is 0 Å². The number of carbonyl (C=O) groups excluding carboxylic acids is 1. The SMILES string of the molecule is CCCCOc1ccc(Nc2nc(Nc3ccc(-c4cc(C(CC)O[C]=O)co4)cc3)nc(Nc3nc4ccc(OC)cc4s3)n2)cc1. The van der Waals surface area contributed by atoms with Crippen LogP contribution >= 0.6 is 11.3 Å². The summed E-state index contributed by atoms with van der Waals surface area (Å²) in [6, 6.07) is 22.8. The quantitative estimate of drug-likeness (QED) is 0.0851. The van der Waals surface area contributed by atoms with E-state index in [9.17, 15) is 4.79 Å². The van der Waals surface area contributed by atoms with Crippen molar-refractivity contribution in [2.45, 2.75) is 39.2 Å². The molecule has 0 amide bonds. The van der Waals surface area contributed by atoms with Gasteiger partial charge in [0.15, 0.2) is 5.13 Å². The Hall–Kier alpha value is -5.69. The Bertz CT molecular complexity index is 1960. The second kappa shape index (κ2) is 15.3. The lowest BCUT2D eigenvalue weighted by molar-refractivity contribution is 0.174. The number of benzene rings is 3. The van der Waals surface area contributed by atoms with Gasteiger partial charge in [0.1, 0.15) is 23.4 Å². The highest BCUT2D eigenvalue weighted by atomic mass is 32.1. The van der Waals surface area contributed by atoms with Gasteiger partial charge >= 0.3 is 6.47 Å². The van der Waals surface area contributed by atoms with Crippen molar-refractivity contribution in [3.63, 3.8) is 0 Å². The molecule has 1 atom stereocenters. The fourth-order valence-electron chi connectivity index (χ4n) is 4.79. The highest BCUT2D eigenvalue weighted by molar-refractivity contribution is 7.22. The number of aromatic nitrogens is 4. The summed E-state index contributed by atoms with van der Waals surface area (Å²) >= 11 is 1.46. The molecule has 0 aliphatic rings. The maximum absolute atomic E-state index is 10.7. The van der Waals surface area contributed by atoms with Gasteiger partial charge in [-0.3, -0.25) is 5.32 Å². The first-order valence-electron chi connectivity index (χ1n) is 15.5. The Morgan fingerprint density at radius 3 is 2.15 bits per heavy atom. The maximum Gasteiger partial charge on any atom is 0.418 e. The van der Waals surface area contributed by atoms with Crippen LogP contribution in [0.25, 0.3) is 21.5 Å². The summed E-state index contributed by atoms with van der Waals surface area (Å²) in [4.78, 5) is 29.3. The topological polar surface area (TPSA) is 146 Å². The van der Waals surface area contributed by atoms with E-state index in [4.69, 9.17) is 18.6 Å². The highest BCUT2D eigenvalue weighted by Gasteiger charge is 2.16. The number of unbranched alkanes of at least 4 members (excludes halogenated alkanes) is 1. The van der Waals surface area contributed by atoms with E-state index in [1.54, 1.807) is 13.4 Å². The van der Waals surface area contributed by atoms with Crippen LogP contribution in [-0.4, -0.2) is 40.1 Å². The maximum atomic E-state index is 10.7. The van der Waals surface area contributed by atoms with Gasteiger partial charge in [-0.2, -0.15) is 15.0 Å². The van der Waals surface area contributed by atoms with Crippen molar-refractivity contribution < 1.29 is 23.4 Å². The van der Waals surface area contributed by atoms with E-state index in [2.05, 4.69) is 42.8 Å². The monoisotopic (exact) mass is 664 g/mol. The van der Waals surface area contributed by atoms with E-state index in [1.165, 1.54) is 17.8 Å². The Kier molecular flexibility index (Phi) is 10.3. The van der Waals surface area contributed by atoms with Crippen molar-refractivity contribution in [3.8, 4) is 22.8 Å². The number of methoxy groups -OCH3 is 1. The second-order valence-electron chi connectivity index (χ2n) is 10.7. The molecule has 0 saturated heterocycles. The van der Waals surface area contributed by atoms with Gasteiger partial charge in [0, 0.05) is 22.5 Å². The van der Waals surface area contributed by atoms with E-state index >= 15 is 0 Å². The normalized spacial score (nSPS) is 11.6. The molecule has 0 bridgehead atoms. The zero-order valence-corrected chi connectivity index (χ0v) is 27.5. The Labute approximate surface area is 281 Å². The fourth-order valence-corrected chi connectivity index (χ4v) is 5.67. The number of nitrogens with one attached hydrogen (secondary N) is 3. The molecule has 245 valence electrons. The first-order valence-corrected chi connectivity index (χ1v) is 16.3. The molecule has 0 aliphatic carbocycles. The molecule has 6 rings (SSSR count). The van der Waals surface area contributed by atoms with Gasteiger partial charge in [0.25, 0.3) is 0 Å². The molecule has 0 aliphatic heterocycles. The van der Waals surface area contributed by atoms with Crippen LogP contribution in [0, 0.1) is 0 Å². The summed E-state index contributed by atoms with van der Waals surface area (Å²) in [5.41, 5.74) is 4.00. The standard InChI is InChI=1S/C35H34N7O5S/c1-4-6-17-45-26-13-11-25(12-14-26)37-33-39-32(40-34(41-33)42-35-38-28-16-15-27(44-3)19-31(28)48-35)36-24-9-7-22(8-10-24)30-18-23(20-46-30)29(5-2)47-21-43/h7-16,18-20,29H,4-6,17H2,1-3H3,(H3,36,37,38,39,40,41,42). The molecule has 0 saturated carbocycles. The number of rotatable bonds is 16. The number of hydrogen-bond donors (Lipinski definition) is 3. The molecule has 0 fully saturated rings. The minimum absolute atomic E-state index is 0.306. The van der Waals surface area contributed by atoms with Crippen molar-refractivity contribution in [1.82, 2.24) is 19.9 Å². The summed E-state index contributed by atoms with van der Waals surface area (Å²) in [5.74, 6) is 3.16. The zero-order chi connectivity index (χ0) is 33.3. The number of anilines is 6. The predicted octanol–water partition coefficient (Wildman–Crippen LogP) is 8.69. The van der Waals surface area contributed by atoms with Gasteiger partial charge in [-0.1, -0.05) is 31.6 Å². The van der Waals surface area contributed by atoms with Crippen LogP contribution in [0.15, 0.2) is 83.5 Å². The van der Waals surface area contributed by atoms with Gasteiger partial charge in [-0.25, -0.2) is 9.78 Å². The molecular weight excluding hydrogens is 630 g/mol. The first kappa shape index (κ1) is 32.3. The summed E-state index contributed by atoms with van der Waals surface area (Å²) in [5, 5.41) is 10.4. The van der Waals surface area contributed by atoms with Gasteiger partial charge in [0.2, 0.25) is 17.8 Å². The number of nitrogens with zero attached hydrogens (tertiary/aromatic N) is 4. The summed E-state index contributed by atoms with van der Waals surface area (Å²) in [7, 11) is 1.64. The molecule has 48 heavy (non-hydrogen) atoms. The average molecular weight is 665 g/mol. The zero-order valence-electron chi connectivity index (χ0n) is 26.6. The van der Waals surface area contributed by atoms with Crippen LogP contribution in [0.5, 0.6) is 11.5 Å². The van der Waals surface area contributed by atoms with Crippen molar-refractivity contribution in [2.75, 3.05) is 29.7 Å². The lowest BCUT2D eigenvalue weighted by atomic mass is 10.1. The molecular formula is C35H34N7O5S. The molecule has 0 spiro atoms. The van der Waals surface area contributed by atoms with Gasteiger partial charge < -0.3 is 29.3 Å². The lowest BCUT2D eigenvalue weighted by Gasteiger charge is -2.11. The molecule has 12 nitrogen and oxygen atoms in total. The lowest BCUT2D eigenvalue weighted by Crippen LogP contribution is -2.07. The molecule has 3 aromatic carbocycles.